The molecule has 0 fully saturated rings. The number of aromatic nitrogens is 1. The fraction of sp³-hybridized carbons (Fsp3) is 0.0526. The highest BCUT2D eigenvalue weighted by Gasteiger charge is 2.11. The molecule has 0 atom stereocenters. The molecule has 1 aromatic heterocycles. The van der Waals surface area contributed by atoms with E-state index in [1.807, 2.05) is 24.3 Å². The zero-order valence-electron chi connectivity index (χ0n) is 14.3. The molecule has 3 aromatic rings. The third kappa shape index (κ3) is 4.56. The number of thiazole rings is 1. The number of carbonyl (C=O) groups excluding carboxylic acids is 1. The molecule has 1 N–H and O–H groups in total. The van der Waals surface area contributed by atoms with Crippen molar-refractivity contribution in [2.75, 3.05) is 12.4 Å². The molecule has 0 saturated heterocycles. The second kappa shape index (κ2) is 8.24. The molecule has 2 aromatic carbocycles. The molecule has 7 nitrogen and oxygen atoms in total. The van der Waals surface area contributed by atoms with Crippen LogP contribution in [0.25, 0.3) is 17.3 Å². The number of nitrogens with zero attached hydrogens (tertiary/aromatic N) is 2. The van der Waals surface area contributed by atoms with Crippen molar-refractivity contribution in [2.45, 2.75) is 0 Å². The minimum absolute atomic E-state index is 0.00849. The summed E-state index contributed by atoms with van der Waals surface area (Å²) in [5.41, 5.74) is 1.95. The number of anilines is 1. The van der Waals surface area contributed by atoms with Crippen molar-refractivity contribution >= 4 is 34.1 Å². The number of amides is 1. The van der Waals surface area contributed by atoms with Gasteiger partial charge in [-0.15, -0.1) is 11.3 Å². The topological polar surface area (TPSA) is 94.4 Å². The Morgan fingerprint density at radius 1 is 1.26 bits per heavy atom. The van der Waals surface area contributed by atoms with E-state index in [9.17, 15) is 14.9 Å². The van der Waals surface area contributed by atoms with E-state index in [1.165, 1.54) is 29.5 Å². The lowest BCUT2D eigenvalue weighted by atomic mass is 10.1. The van der Waals surface area contributed by atoms with Crippen LogP contribution in [0.3, 0.4) is 0 Å². The number of rotatable bonds is 6. The first kappa shape index (κ1) is 18.3. The molecule has 0 radical (unpaired) electrons. The number of ether oxygens (including phenoxy) is 1. The number of hydrogen-bond acceptors (Lipinski definition) is 6. The maximum absolute atomic E-state index is 12.1. The predicted molar refractivity (Wildman–Crippen MR) is 105 cm³/mol. The van der Waals surface area contributed by atoms with E-state index in [-0.39, 0.29) is 11.6 Å². The highest BCUT2D eigenvalue weighted by Crippen LogP contribution is 2.27. The van der Waals surface area contributed by atoms with E-state index in [0.29, 0.717) is 22.1 Å². The monoisotopic (exact) mass is 381 g/mol. The summed E-state index contributed by atoms with van der Waals surface area (Å²) in [5, 5.41) is 15.7. The number of nitro benzene ring substituents is 1. The number of methoxy groups -OCH3 is 1. The maximum atomic E-state index is 12.1. The summed E-state index contributed by atoms with van der Waals surface area (Å²) in [6.07, 6.45) is 3.05. The van der Waals surface area contributed by atoms with Crippen molar-refractivity contribution in [1.29, 1.82) is 0 Å². The Hall–Kier alpha value is -3.52. The first-order chi connectivity index (χ1) is 13.1. The Bertz CT molecular complexity index is 1010. The second-order valence-corrected chi connectivity index (χ2v) is 6.27. The average molecular weight is 381 g/mol. The molecule has 0 aliphatic rings. The lowest BCUT2D eigenvalue weighted by Gasteiger charge is -2.03. The molecule has 0 unspecified atom stereocenters. The number of para-hydroxylation sites is 1. The molecule has 1 heterocycles. The summed E-state index contributed by atoms with van der Waals surface area (Å²) in [6, 6.07) is 13.5. The number of benzene rings is 2. The van der Waals surface area contributed by atoms with Crippen LogP contribution in [0.5, 0.6) is 5.75 Å². The molecular weight excluding hydrogens is 366 g/mol. The van der Waals surface area contributed by atoms with Crippen LogP contribution in [0.15, 0.2) is 60.0 Å². The fourth-order valence-corrected chi connectivity index (χ4v) is 3.08. The van der Waals surface area contributed by atoms with Gasteiger partial charge in [-0.25, -0.2) is 4.98 Å². The van der Waals surface area contributed by atoms with E-state index in [4.69, 9.17) is 4.74 Å². The Kier molecular flexibility index (Phi) is 5.58. The van der Waals surface area contributed by atoms with E-state index in [0.717, 1.165) is 5.56 Å². The highest BCUT2D eigenvalue weighted by atomic mass is 32.1. The predicted octanol–water partition coefficient (Wildman–Crippen LogP) is 4.38. The van der Waals surface area contributed by atoms with E-state index >= 15 is 0 Å². The zero-order valence-corrected chi connectivity index (χ0v) is 15.1. The van der Waals surface area contributed by atoms with E-state index in [2.05, 4.69) is 10.3 Å². The van der Waals surface area contributed by atoms with Gasteiger partial charge in [-0.05, 0) is 12.1 Å². The van der Waals surface area contributed by atoms with Crippen molar-refractivity contribution in [3.8, 4) is 17.0 Å². The third-order valence-electron chi connectivity index (χ3n) is 3.64. The second-order valence-electron chi connectivity index (χ2n) is 5.41. The van der Waals surface area contributed by atoms with Crippen LogP contribution in [-0.4, -0.2) is 22.9 Å². The number of hydrogen-bond donors (Lipinski definition) is 1. The molecule has 136 valence electrons. The van der Waals surface area contributed by atoms with Crippen LogP contribution in [-0.2, 0) is 4.79 Å². The third-order valence-corrected chi connectivity index (χ3v) is 4.40. The van der Waals surface area contributed by atoms with Crippen LogP contribution in [0.1, 0.15) is 5.56 Å². The summed E-state index contributed by atoms with van der Waals surface area (Å²) < 4.78 is 5.23. The quantitative estimate of drug-likeness (QED) is 0.388. The van der Waals surface area contributed by atoms with Crippen molar-refractivity contribution < 1.29 is 14.5 Å². The molecule has 8 heteroatoms. The van der Waals surface area contributed by atoms with Crippen LogP contribution < -0.4 is 10.1 Å². The summed E-state index contributed by atoms with van der Waals surface area (Å²) in [7, 11) is 1.57. The van der Waals surface area contributed by atoms with Crippen molar-refractivity contribution in [3.05, 3.63) is 75.7 Å². The molecule has 1 amide bonds. The summed E-state index contributed by atoms with van der Waals surface area (Å²) in [6.45, 7) is 0. The molecular formula is C19H15N3O4S. The minimum atomic E-state index is -0.457. The van der Waals surface area contributed by atoms with Gasteiger partial charge in [-0.2, -0.15) is 0 Å². The van der Waals surface area contributed by atoms with Gasteiger partial charge < -0.3 is 4.74 Å². The average Bonchev–Trinajstić information content (AvgIpc) is 3.15. The van der Waals surface area contributed by atoms with Gasteiger partial charge in [0.1, 0.15) is 5.75 Å². The summed E-state index contributed by atoms with van der Waals surface area (Å²) >= 11 is 1.24. The lowest BCUT2D eigenvalue weighted by Crippen LogP contribution is -2.07. The molecule has 0 aliphatic heterocycles. The molecule has 0 saturated carbocycles. The molecule has 27 heavy (non-hydrogen) atoms. The summed E-state index contributed by atoms with van der Waals surface area (Å²) in [5.74, 6) is 0.338. The van der Waals surface area contributed by atoms with Gasteiger partial charge in [0, 0.05) is 34.7 Å². The molecule has 0 aliphatic carbocycles. The number of carbonyl (C=O) groups is 1. The Balaban J connectivity index is 1.70. The number of nitrogens with one attached hydrogen (secondary N) is 1. The zero-order chi connectivity index (χ0) is 19.2. The SMILES string of the molecule is COc1ccccc1/C=C/C(=O)Nc1nc(-c2cccc([N+](=O)[O-])c2)cs1. The minimum Gasteiger partial charge on any atom is -0.496 e. The molecule has 0 bridgehead atoms. The molecule has 3 rings (SSSR count). The van der Waals surface area contributed by atoms with Gasteiger partial charge in [-0.1, -0.05) is 30.3 Å². The lowest BCUT2D eigenvalue weighted by molar-refractivity contribution is -0.384. The first-order valence-electron chi connectivity index (χ1n) is 7.89. The Labute approximate surface area is 159 Å². The van der Waals surface area contributed by atoms with Gasteiger partial charge in [0.2, 0.25) is 5.91 Å². The number of nitro groups is 1. The normalized spacial score (nSPS) is 10.7. The van der Waals surface area contributed by atoms with Crippen molar-refractivity contribution in [1.82, 2.24) is 4.98 Å². The smallest absolute Gasteiger partial charge is 0.270 e. The largest absolute Gasteiger partial charge is 0.496 e. The Morgan fingerprint density at radius 3 is 2.85 bits per heavy atom. The molecule has 0 spiro atoms. The number of non-ortho nitro benzene ring substituents is 1. The van der Waals surface area contributed by atoms with Gasteiger partial charge >= 0.3 is 0 Å². The van der Waals surface area contributed by atoms with E-state index in [1.54, 1.807) is 30.7 Å². The highest BCUT2D eigenvalue weighted by molar-refractivity contribution is 7.14. The van der Waals surface area contributed by atoms with Crippen LogP contribution in [0.4, 0.5) is 10.8 Å². The van der Waals surface area contributed by atoms with Gasteiger partial charge in [0.05, 0.1) is 17.7 Å². The van der Waals surface area contributed by atoms with Crippen LogP contribution in [0, 0.1) is 10.1 Å². The van der Waals surface area contributed by atoms with Gasteiger partial charge in [0.25, 0.3) is 5.69 Å². The summed E-state index contributed by atoms with van der Waals surface area (Å²) in [4.78, 5) is 26.9. The van der Waals surface area contributed by atoms with Gasteiger partial charge in [0.15, 0.2) is 5.13 Å². The standard InChI is InChI=1S/C19H15N3O4S/c1-26-17-8-3-2-5-13(17)9-10-18(23)21-19-20-16(12-27-19)14-6-4-7-15(11-14)22(24)25/h2-12H,1H3,(H,20,21,23)/b10-9+. The van der Waals surface area contributed by atoms with Gasteiger partial charge in [-0.3, -0.25) is 20.2 Å². The van der Waals surface area contributed by atoms with Crippen molar-refractivity contribution in [3.63, 3.8) is 0 Å². The van der Waals surface area contributed by atoms with Crippen LogP contribution in [0.2, 0.25) is 0 Å². The van der Waals surface area contributed by atoms with Crippen molar-refractivity contribution in [2.24, 2.45) is 0 Å². The van der Waals surface area contributed by atoms with E-state index < -0.39 is 4.92 Å². The maximum Gasteiger partial charge on any atom is 0.270 e. The van der Waals surface area contributed by atoms with Crippen LogP contribution >= 0.6 is 11.3 Å². The Morgan fingerprint density at radius 2 is 2.07 bits per heavy atom. The first-order valence-corrected chi connectivity index (χ1v) is 8.77. The fourth-order valence-electron chi connectivity index (χ4n) is 2.36.